The molecule has 0 unspecified atom stereocenters. The Kier molecular flexibility index (Phi) is 4.93. The van der Waals surface area contributed by atoms with Gasteiger partial charge in [0.15, 0.2) is 0 Å². The van der Waals surface area contributed by atoms with Crippen molar-refractivity contribution in [2.75, 3.05) is 18.5 Å². The lowest BCUT2D eigenvalue weighted by Gasteiger charge is -2.17. The van der Waals surface area contributed by atoms with Crippen LogP contribution in [0.3, 0.4) is 0 Å². The number of nitrogens with one attached hydrogen (secondary N) is 1. The third-order valence-electron chi connectivity index (χ3n) is 3.90. The second-order valence-corrected chi connectivity index (χ2v) is 6.21. The van der Waals surface area contributed by atoms with Crippen molar-refractivity contribution in [3.05, 3.63) is 63.5 Å². The molecule has 0 fully saturated rings. The molecular formula is C18H16ClF2N3O2. The van der Waals surface area contributed by atoms with Crippen LogP contribution < -0.4 is 11.0 Å². The predicted molar refractivity (Wildman–Crippen MR) is 97.5 cm³/mol. The first-order valence-electron chi connectivity index (χ1n) is 7.87. The van der Waals surface area contributed by atoms with E-state index in [4.69, 9.17) is 16.7 Å². The summed E-state index contributed by atoms with van der Waals surface area (Å²) in [7, 11) is 0. The van der Waals surface area contributed by atoms with Crippen LogP contribution in [0.1, 0.15) is 12.5 Å². The Hall–Kier alpha value is -2.51. The number of nitrogens with zero attached hydrogens (tertiary/aromatic N) is 2. The number of rotatable bonds is 5. The molecule has 0 saturated carbocycles. The van der Waals surface area contributed by atoms with Crippen molar-refractivity contribution >= 4 is 28.3 Å². The predicted octanol–water partition coefficient (Wildman–Crippen LogP) is 3.56. The molecular weight excluding hydrogens is 364 g/mol. The Morgan fingerprint density at radius 3 is 2.65 bits per heavy atom. The van der Waals surface area contributed by atoms with E-state index in [1.165, 1.54) is 22.8 Å². The Balaban J connectivity index is 2.38. The summed E-state index contributed by atoms with van der Waals surface area (Å²) < 4.78 is 28.8. The zero-order valence-corrected chi connectivity index (χ0v) is 14.6. The number of aliphatic hydroxyl groups excluding tert-OH is 1. The molecule has 2 N–H and O–H groups in total. The minimum absolute atomic E-state index is 0.165. The lowest BCUT2D eigenvalue weighted by atomic mass is 10.1. The van der Waals surface area contributed by atoms with Gasteiger partial charge in [-0.05, 0) is 24.3 Å². The van der Waals surface area contributed by atoms with Gasteiger partial charge in [-0.2, -0.15) is 4.98 Å². The van der Waals surface area contributed by atoms with Crippen molar-refractivity contribution in [1.29, 1.82) is 0 Å². The van der Waals surface area contributed by atoms with Crippen molar-refractivity contribution in [2.24, 2.45) is 0 Å². The van der Waals surface area contributed by atoms with Crippen LogP contribution in [0.15, 0.2) is 47.3 Å². The van der Waals surface area contributed by atoms with Crippen LogP contribution in [-0.4, -0.2) is 27.8 Å². The SMILES string of the molecule is CC(F)(F)c1ccc2c(NCCO)nc(=O)n(-c3ccccc3Cl)c2c1. The summed E-state index contributed by atoms with van der Waals surface area (Å²) in [6, 6.07) is 10.6. The molecule has 0 atom stereocenters. The second-order valence-electron chi connectivity index (χ2n) is 5.80. The number of anilines is 1. The highest BCUT2D eigenvalue weighted by Gasteiger charge is 2.25. The van der Waals surface area contributed by atoms with Crippen molar-refractivity contribution < 1.29 is 13.9 Å². The van der Waals surface area contributed by atoms with Crippen molar-refractivity contribution in [3.8, 4) is 5.69 Å². The number of benzene rings is 2. The minimum atomic E-state index is -3.07. The quantitative estimate of drug-likeness (QED) is 0.711. The summed E-state index contributed by atoms with van der Waals surface area (Å²) in [5, 5.41) is 12.6. The van der Waals surface area contributed by atoms with Crippen LogP contribution in [0.5, 0.6) is 0 Å². The Bertz CT molecular complexity index is 1020. The molecule has 0 aliphatic carbocycles. The first kappa shape index (κ1) is 18.3. The number of fused-ring (bicyclic) bond motifs is 1. The Morgan fingerprint density at radius 1 is 1.27 bits per heavy atom. The summed E-state index contributed by atoms with van der Waals surface area (Å²) in [5.74, 6) is -2.86. The lowest BCUT2D eigenvalue weighted by Crippen LogP contribution is -2.24. The minimum Gasteiger partial charge on any atom is -0.395 e. The standard InChI is InChI=1S/C18H16ClF2N3O2/c1-18(20,21)11-6-7-12-15(10-11)24(14-5-3-2-4-13(14)19)17(26)23-16(12)22-8-9-25/h2-7,10,25H,8-9H2,1H3,(H,22,23,26). The van der Waals surface area contributed by atoms with Gasteiger partial charge in [0.05, 0.1) is 22.8 Å². The maximum Gasteiger partial charge on any atom is 0.354 e. The number of aliphatic hydroxyl groups is 1. The average Bonchev–Trinajstić information content (AvgIpc) is 2.59. The molecule has 0 radical (unpaired) electrons. The van der Waals surface area contributed by atoms with E-state index in [9.17, 15) is 13.6 Å². The summed E-state index contributed by atoms with van der Waals surface area (Å²) in [6.45, 7) is 0.795. The molecule has 0 saturated heterocycles. The van der Waals surface area contributed by atoms with E-state index in [1.807, 2.05) is 0 Å². The van der Waals surface area contributed by atoms with Crippen molar-refractivity contribution in [3.63, 3.8) is 0 Å². The van der Waals surface area contributed by atoms with Crippen LogP contribution in [0.25, 0.3) is 16.6 Å². The summed E-state index contributed by atoms with van der Waals surface area (Å²) in [5.41, 5.74) is -0.299. The van der Waals surface area contributed by atoms with Gasteiger partial charge in [-0.3, -0.25) is 4.57 Å². The third kappa shape index (κ3) is 3.40. The van der Waals surface area contributed by atoms with Gasteiger partial charge in [-0.1, -0.05) is 29.8 Å². The second kappa shape index (κ2) is 7.01. The largest absolute Gasteiger partial charge is 0.395 e. The molecule has 2 aromatic carbocycles. The molecule has 0 spiro atoms. The average molecular weight is 380 g/mol. The molecule has 5 nitrogen and oxygen atoms in total. The fourth-order valence-corrected chi connectivity index (χ4v) is 2.89. The number of hydrogen-bond acceptors (Lipinski definition) is 4. The molecule has 136 valence electrons. The van der Waals surface area contributed by atoms with Gasteiger partial charge in [0.25, 0.3) is 5.92 Å². The lowest BCUT2D eigenvalue weighted by molar-refractivity contribution is 0.0176. The highest BCUT2D eigenvalue weighted by atomic mass is 35.5. The molecule has 26 heavy (non-hydrogen) atoms. The van der Waals surface area contributed by atoms with Crippen LogP contribution in [0.2, 0.25) is 5.02 Å². The molecule has 0 aliphatic rings. The van der Waals surface area contributed by atoms with Gasteiger partial charge >= 0.3 is 5.69 Å². The Morgan fingerprint density at radius 2 is 2.00 bits per heavy atom. The van der Waals surface area contributed by atoms with Crippen LogP contribution >= 0.6 is 11.6 Å². The zero-order chi connectivity index (χ0) is 18.9. The normalized spacial score (nSPS) is 11.7. The molecule has 1 aromatic heterocycles. The van der Waals surface area contributed by atoms with E-state index in [2.05, 4.69) is 10.3 Å². The first-order valence-corrected chi connectivity index (χ1v) is 8.25. The van der Waals surface area contributed by atoms with E-state index >= 15 is 0 Å². The van der Waals surface area contributed by atoms with E-state index < -0.39 is 11.6 Å². The van der Waals surface area contributed by atoms with E-state index in [-0.39, 0.29) is 30.0 Å². The van der Waals surface area contributed by atoms with Crippen LogP contribution in [0, 0.1) is 0 Å². The zero-order valence-electron chi connectivity index (χ0n) is 13.8. The summed E-state index contributed by atoms with van der Waals surface area (Å²) in [4.78, 5) is 16.6. The summed E-state index contributed by atoms with van der Waals surface area (Å²) in [6.07, 6.45) is 0. The van der Waals surface area contributed by atoms with Gasteiger partial charge in [0.1, 0.15) is 5.82 Å². The van der Waals surface area contributed by atoms with E-state index in [1.54, 1.807) is 24.3 Å². The molecule has 0 bridgehead atoms. The van der Waals surface area contributed by atoms with Crippen LogP contribution in [0.4, 0.5) is 14.6 Å². The number of aromatic nitrogens is 2. The van der Waals surface area contributed by atoms with Gasteiger partial charge in [0.2, 0.25) is 0 Å². The Labute approximate surface area is 152 Å². The first-order chi connectivity index (χ1) is 12.3. The molecule has 0 aliphatic heterocycles. The highest BCUT2D eigenvalue weighted by Crippen LogP contribution is 2.32. The molecule has 0 amide bonds. The van der Waals surface area contributed by atoms with Gasteiger partial charge in [-0.15, -0.1) is 0 Å². The number of para-hydroxylation sites is 1. The van der Waals surface area contributed by atoms with E-state index in [0.29, 0.717) is 16.1 Å². The number of hydrogen-bond donors (Lipinski definition) is 2. The topological polar surface area (TPSA) is 67.2 Å². The van der Waals surface area contributed by atoms with Crippen LogP contribution in [-0.2, 0) is 5.92 Å². The molecule has 3 aromatic rings. The summed E-state index contributed by atoms with van der Waals surface area (Å²) >= 11 is 6.20. The van der Waals surface area contributed by atoms with Gasteiger partial charge in [-0.25, -0.2) is 13.6 Å². The highest BCUT2D eigenvalue weighted by molar-refractivity contribution is 6.32. The monoisotopic (exact) mass is 379 g/mol. The smallest absolute Gasteiger partial charge is 0.354 e. The fourth-order valence-electron chi connectivity index (χ4n) is 2.67. The number of alkyl halides is 2. The van der Waals surface area contributed by atoms with Gasteiger partial charge < -0.3 is 10.4 Å². The molecule has 3 rings (SSSR count). The molecule has 8 heteroatoms. The maximum atomic E-state index is 13.8. The van der Waals surface area contributed by atoms with Crippen molar-refractivity contribution in [2.45, 2.75) is 12.8 Å². The molecule has 1 heterocycles. The maximum absolute atomic E-state index is 13.8. The fraction of sp³-hybridized carbons (Fsp3) is 0.222. The number of halogens is 3. The van der Waals surface area contributed by atoms with Gasteiger partial charge in [0, 0.05) is 24.4 Å². The van der Waals surface area contributed by atoms with E-state index in [0.717, 1.165) is 6.92 Å². The third-order valence-corrected chi connectivity index (χ3v) is 4.22. The van der Waals surface area contributed by atoms with Crippen molar-refractivity contribution in [1.82, 2.24) is 9.55 Å².